The highest BCUT2D eigenvalue weighted by atomic mass is 32.2. The Kier molecular flexibility index (Phi) is 6.37. The summed E-state index contributed by atoms with van der Waals surface area (Å²) in [5, 5.41) is 2.69. The van der Waals surface area contributed by atoms with Crippen LogP contribution in [0.3, 0.4) is 0 Å². The van der Waals surface area contributed by atoms with Gasteiger partial charge in [-0.1, -0.05) is 29.8 Å². The normalized spacial score (nSPS) is 10.3. The van der Waals surface area contributed by atoms with Gasteiger partial charge in [0.1, 0.15) is 5.82 Å². The Labute approximate surface area is 144 Å². The van der Waals surface area contributed by atoms with Gasteiger partial charge in [-0.3, -0.25) is 9.59 Å². The molecule has 2 aromatic rings. The summed E-state index contributed by atoms with van der Waals surface area (Å²) in [6.45, 7) is 3.48. The predicted molar refractivity (Wildman–Crippen MR) is 92.6 cm³/mol. The van der Waals surface area contributed by atoms with E-state index in [1.807, 2.05) is 26.0 Å². The number of nitrogens with one attached hydrogen (secondary N) is 1. The van der Waals surface area contributed by atoms with Crippen LogP contribution in [0.4, 0.5) is 10.1 Å². The second-order valence-corrected chi connectivity index (χ2v) is 6.26. The van der Waals surface area contributed by atoms with Crippen molar-refractivity contribution in [2.24, 2.45) is 0 Å². The molecule has 1 N–H and O–H groups in total. The molecular weight excluding hydrogens is 329 g/mol. The number of ether oxygens (including phenoxy) is 1. The summed E-state index contributed by atoms with van der Waals surface area (Å²) >= 11 is 1.03. The fraction of sp³-hybridized carbons (Fsp3) is 0.222. The number of benzene rings is 2. The van der Waals surface area contributed by atoms with Crippen LogP contribution in [0.15, 0.2) is 47.4 Å². The average molecular weight is 347 g/mol. The second-order valence-electron chi connectivity index (χ2n) is 5.25. The number of amides is 1. The van der Waals surface area contributed by atoms with Gasteiger partial charge in [-0.15, -0.1) is 11.8 Å². The first-order chi connectivity index (χ1) is 11.5. The molecule has 0 saturated carbocycles. The molecule has 1 amide bonds. The number of carbonyl (C=O) groups excluding carboxylic acids is 2. The van der Waals surface area contributed by atoms with Crippen LogP contribution in [0.2, 0.25) is 0 Å². The van der Waals surface area contributed by atoms with Crippen molar-refractivity contribution in [3.63, 3.8) is 0 Å². The molecule has 4 nitrogen and oxygen atoms in total. The molecule has 2 rings (SSSR count). The molecular formula is C18H18FNO3S. The summed E-state index contributed by atoms with van der Waals surface area (Å²) in [6, 6.07) is 11.8. The maximum Gasteiger partial charge on any atom is 0.316 e. The van der Waals surface area contributed by atoms with E-state index in [0.717, 1.165) is 22.9 Å². The van der Waals surface area contributed by atoms with Gasteiger partial charge < -0.3 is 10.1 Å². The van der Waals surface area contributed by atoms with Crippen LogP contribution in [-0.4, -0.2) is 24.2 Å². The Hall–Kier alpha value is -2.34. The Morgan fingerprint density at radius 1 is 1.17 bits per heavy atom. The quantitative estimate of drug-likeness (QED) is 0.639. The van der Waals surface area contributed by atoms with Gasteiger partial charge in [0.2, 0.25) is 0 Å². The van der Waals surface area contributed by atoms with E-state index in [-0.39, 0.29) is 18.2 Å². The standard InChI is InChI=1S/C18H18FNO3S/c1-12-7-8-15(13(2)9-12)20-17(21)10-23-18(22)11-24-16-6-4-3-5-14(16)19/h3-9H,10-11H2,1-2H3,(H,20,21). The summed E-state index contributed by atoms with van der Waals surface area (Å²) in [7, 11) is 0. The number of halogens is 1. The Bertz CT molecular complexity index is 749. The van der Waals surface area contributed by atoms with Gasteiger partial charge in [0, 0.05) is 10.6 Å². The van der Waals surface area contributed by atoms with Crippen molar-refractivity contribution in [2.45, 2.75) is 18.7 Å². The number of esters is 1. The van der Waals surface area contributed by atoms with Gasteiger partial charge in [-0.2, -0.15) is 0 Å². The van der Waals surface area contributed by atoms with E-state index in [0.29, 0.717) is 10.6 Å². The zero-order chi connectivity index (χ0) is 17.5. The molecule has 0 bridgehead atoms. The monoisotopic (exact) mass is 347 g/mol. The summed E-state index contributed by atoms with van der Waals surface area (Å²) in [5.41, 5.74) is 2.72. The van der Waals surface area contributed by atoms with E-state index in [2.05, 4.69) is 5.32 Å². The molecule has 0 aromatic heterocycles. The molecule has 24 heavy (non-hydrogen) atoms. The zero-order valence-electron chi connectivity index (χ0n) is 13.5. The van der Waals surface area contributed by atoms with Crippen molar-refractivity contribution in [2.75, 3.05) is 17.7 Å². The van der Waals surface area contributed by atoms with Gasteiger partial charge in [0.05, 0.1) is 5.75 Å². The molecule has 0 atom stereocenters. The number of aryl methyl sites for hydroxylation is 2. The van der Waals surface area contributed by atoms with E-state index >= 15 is 0 Å². The van der Waals surface area contributed by atoms with Crippen molar-refractivity contribution in [3.05, 3.63) is 59.4 Å². The third-order valence-corrected chi connectivity index (χ3v) is 4.22. The number of carbonyl (C=O) groups is 2. The molecule has 0 fully saturated rings. The highest BCUT2D eigenvalue weighted by molar-refractivity contribution is 8.00. The third kappa shape index (κ3) is 5.38. The van der Waals surface area contributed by atoms with Crippen molar-refractivity contribution in [1.29, 1.82) is 0 Å². The molecule has 0 aliphatic rings. The van der Waals surface area contributed by atoms with Crippen LogP contribution in [0.25, 0.3) is 0 Å². The van der Waals surface area contributed by atoms with Gasteiger partial charge in [-0.25, -0.2) is 4.39 Å². The molecule has 0 radical (unpaired) electrons. The van der Waals surface area contributed by atoms with Crippen LogP contribution in [0.5, 0.6) is 0 Å². The van der Waals surface area contributed by atoms with Crippen LogP contribution < -0.4 is 5.32 Å². The van der Waals surface area contributed by atoms with Crippen LogP contribution in [0.1, 0.15) is 11.1 Å². The fourth-order valence-electron chi connectivity index (χ4n) is 2.03. The van der Waals surface area contributed by atoms with E-state index < -0.39 is 11.9 Å². The van der Waals surface area contributed by atoms with Crippen LogP contribution in [-0.2, 0) is 14.3 Å². The first-order valence-electron chi connectivity index (χ1n) is 7.36. The predicted octanol–water partition coefficient (Wildman–Crippen LogP) is 3.72. The van der Waals surface area contributed by atoms with Crippen LogP contribution in [0, 0.1) is 19.7 Å². The van der Waals surface area contributed by atoms with Gasteiger partial charge in [-0.05, 0) is 37.6 Å². The minimum atomic E-state index is -0.570. The molecule has 0 spiro atoms. The van der Waals surface area contributed by atoms with E-state index in [9.17, 15) is 14.0 Å². The maximum atomic E-state index is 13.4. The summed E-state index contributed by atoms with van der Waals surface area (Å²) in [6.07, 6.45) is 0. The van der Waals surface area contributed by atoms with Crippen molar-refractivity contribution < 1.29 is 18.7 Å². The molecule has 0 saturated heterocycles. The second kappa shape index (κ2) is 8.49. The minimum absolute atomic E-state index is 0.0578. The zero-order valence-corrected chi connectivity index (χ0v) is 14.3. The summed E-state index contributed by atoms with van der Waals surface area (Å²) < 4.78 is 18.3. The number of hydrogen-bond donors (Lipinski definition) is 1. The Morgan fingerprint density at radius 2 is 1.92 bits per heavy atom. The van der Waals surface area contributed by atoms with Crippen molar-refractivity contribution >= 4 is 29.3 Å². The lowest BCUT2D eigenvalue weighted by atomic mass is 10.1. The average Bonchev–Trinajstić information content (AvgIpc) is 2.55. The van der Waals surface area contributed by atoms with E-state index in [1.165, 1.54) is 6.07 Å². The topological polar surface area (TPSA) is 55.4 Å². The van der Waals surface area contributed by atoms with Crippen molar-refractivity contribution in [1.82, 2.24) is 0 Å². The summed E-state index contributed by atoms with van der Waals surface area (Å²) in [4.78, 5) is 23.8. The number of rotatable bonds is 6. The first kappa shape index (κ1) is 18.0. The molecule has 126 valence electrons. The lowest BCUT2D eigenvalue weighted by molar-refractivity contribution is -0.144. The number of thioether (sulfide) groups is 1. The minimum Gasteiger partial charge on any atom is -0.455 e. The Morgan fingerprint density at radius 3 is 2.62 bits per heavy atom. The first-order valence-corrected chi connectivity index (χ1v) is 8.34. The fourth-order valence-corrected chi connectivity index (χ4v) is 2.76. The molecule has 2 aromatic carbocycles. The number of hydrogen-bond acceptors (Lipinski definition) is 4. The van der Waals surface area contributed by atoms with E-state index in [1.54, 1.807) is 24.3 Å². The van der Waals surface area contributed by atoms with Gasteiger partial charge >= 0.3 is 5.97 Å². The number of anilines is 1. The third-order valence-electron chi connectivity index (χ3n) is 3.20. The lowest BCUT2D eigenvalue weighted by Gasteiger charge is -2.09. The largest absolute Gasteiger partial charge is 0.455 e. The molecule has 0 aliphatic heterocycles. The van der Waals surface area contributed by atoms with Gasteiger partial charge in [0.15, 0.2) is 6.61 Å². The van der Waals surface area contributed by atoms with E-state index in [4.69, 9.17) is 4.74 Å². The summed E-state index contributed by atoms with van der Waals surface area (Å²) in [5.74, 6) is -1.43. The smallest absolute Gasteiger partial charge is 0.316 e. The van der Waals surface area contributed by atoms with Crippen LogP contribution >= 0.6 is 11.8 Å². The Balaban J connectivity index is 1.77. The molecule has 0 heterocycles. The SMILES string of the molecule is Cc1ccc(NC(=O)COC(=O)CSc2ccccc2F)c(C)c1. The molecule has 6 heteroatoms. The highest BCUT2D eigenvalue weighted by Gasteiger charge is 2.11. The highest BCUT2D eigenvalue weighted by Crippen LogP contribution is 2.21. The van der Waals surface area contributed by atoms with Crippen molar-refractivity contribution in [3.8, 4) is 0 Å². The molecule has 0 unspecified atom stereocenters. The lowest BCUT2D eigenvalue weighted by Crippen LogP contribution is -2.22. The molecule has 0 aliphatic carbocycles. The maximum absolute atomic E-state index is 13.4. The van der Waals surface area contributed by atoms with Gasteiger partial charge in [0.25, 0.3) is 5.91 Å².